The van der Waals surface area contributed by atoms with Crippen LogP contribution in [0.1, 0.15) is 38.9 Å². The van der Waals surface area contributed by atoms with Gasteiger partial charge in [0.05, 0.1) is 43.3 Å². The van der Waals surface area contributed by atoms with Crippen LogP contribution in [0.4, 0.5) is 0 Å². The summed E-state index contributed by atoms with van der Waals surface area (Å²) in [6.07, 6.45) is 2.12. The van der Waals surface area contributed by atoms with Gasteiger partial charge in [-0.2, -0.15) is 0 Å². The number of rotatable bonds is 7. The lowest BCUT2D eigenvalue weighted by Crippen LogP contribution is -2.24. The van der Waals surface area contributed by atoms with E-state index in [0.29, 0.717) is 13.2 Å². The predicted octanol–water partition coefficient (Wildman–Crippen LogP) is 0.474. The van der Waals surface area contributed by atoms with Crippen molar-refractivity contribution in [2.45, 2.75) is 52.0 Å². The van der Waals surface area contributed by atoms with Gasteiger partial charge in [0.25, 0.3) is 0 Å². The van der Waals surface area contributed by atoms with E-state index in [1.807, 2.05) is 20.8 Å². The molecule has 3 N–H and O–H groups in total. The van der Waals surface area contributed by atoms with Crippen LogP contribution in [-0.2, 0) is 11.3 Å². The lowest BCUT2D eigenvalue weighted by Gasteiger charge is -2.12. The van der Waals surface area contributed by atoms with Crippen molar-refractivity contribution in [1.29, 1.82) is 0 Å². The van der Waals surface area contributed by atoms with Gasteiger partial charge in [-0.1, -0.05) is 12.1 Å². The molecule has 1 aromatic rings. The van der Waals surface area contributed by atoms with Crippen LogP contribution < -0.4 is 5.73 Å². The second-order valence-corrected chi connectivity index (χ2v) is 4.42. The fourth-order valence-electron chi connectivity index (χ4n) is 1.35. The summed E-state index contributed by atoms with van der Waals surface area (Å²) in [7, 11) is 0. The van der Waals surface area contributed by atoms with Crippen molar-refractivity contribution >= 4 is 0 Å². The van der Waals surface area contributed by atoms with E-state index in [1.54, 1.807) is 10.9 Å². The Bertz CT molecular complexity index is 327. The first kappa shape index (κ1) is 14.1. The van der Waals surface area contributed by atoms with Crippen LogP contribution in [0, 0.1) is 0 Å². The van der Waals surface area contributed by atoms with Crippen LogP contribution in [0.3, 0.4) is 0 Å². The first-order chi connectivity index (χ1) is 8.02. The number of aromatic nitrogens is 3. The summed E-state index contributed by atoms with van der Waals surface area (Å²) in [6, 6.07) is -0.0900. The molecule has 0 fully saturated rings. The molecule has 0 spiro atoms. The summed E-state index contributed by atoms with van der Waals surface area (Å²) in [6.45, 7) is 6.53. The topological polar surface area (TPSA) is 86.2 Å². The third-order valence-corrected chi connectivity index (χ3v) is 2.40. The van der Waals surface area contributed by atoms with Crippen LogP contribution in [0.25, 0.3) is 0 Å². The largest absolute Gasteiger partial charge is 0.389 e. The molecule has 1 rings (SSSR count). The summed E-state index contributed by atoms with van der Waals surface area (Å²) < 4.78 is 6.91. The van der Waals surface area contributed by atoms with Gasteiger partial charge in [-0.15, -0.1) is 5.10 Å². The normalized spacial score (nSPS) is 15.2. The number of nitrogens with zero attached hydrogens (tertiary/aromatic N) is 3. The Morgan fingerprint density at radius 1 is 1.53 bits per heavy atom. The Balaban J connectivity index is 2.43. The number of ether oxygens (including phenoxy) is 1. The van der Waals surface area contributed by atoms with Crippen LogP contribution >= 0.6 is 0 Å². The molecule has 2 unspecified atom stereocenters. The number of hydrogen-bond acceptors (Lipinski definition) is 5. The van der Waals surface area contributed by atoms with Crippen LogP contribution in [-0.4, -0.2) is 38.9 Å². The molecule has 0 amide bonds. The highest BCUT2D eigenvalue weighted by Gasteiger charge is 2.11. The lowest BCUT2D eigenvalue weighted by atomic mass is 10.2. The third-order valence-electron chi connectivity index (χ3n) is 2.40. The fraction of sp³-hybridized carbons (Fsp3) is 0.818. The Kier molecular flexibility index (Phi) is 5.54. The van der Waals surface area contributed by atoms with Crippen molar-refractivity contribution in [3.63, 3.8) is 0 Å². The average molecular weight is 242 g/mol. The molecule has 0 aliphatic rings. The minimum atomic E-state index is -0.579. The minimum absolute atomic E-state index is 0.0900. The minimum Gasteiger partial charge on any atom is -0.389 e. The zero-order chi connectivity index (χ0) is 12.8. The number of aliphatic hydroxyl groups is 1. The highest BCUT2D eigenvalue weighted by Crippen LogP contribution is 2.09. The standard InChI is InChI=1S/C11H22N4O2/c1-4-10(12)11-6-15(14-13-11)5-9(16)7-17-8(2)3/h6,8-10,16H,4-5,7,12H2,1-3H3. The second-order valence-electron chi connectivity index (χ2n) is 4.42. The average Bonchev–Trinajstić information content (AvgIpc) is 2.73. The maximum atomic E-state index is 9.71. The molecular weight excluding hydrogens is 220 g/mol. The summed E-state index contributed by atoms with van der Waals surface area (Å²) in [5.41, 5.74) is 6.59. The molecule has 1 aromatic heterocycles. The quantitative estimate of drug-likeness (QED) is 0.726. The smallest absolute Gasteiger partial charge is 0.0994 e. The van der Waals surface area contributed by atoms with E-state index in [1.165, 1.54) is 0 Å². The Morgan fingerprint density at radius 3 is 2.82 bits per heavy atom. The Morgan fingerprint density at radius 2 is 2.24 bits per heavy atom. The predicted molar refractivity (Wildman–Crippen MR) is 64.3 cm³/mol. The van der Waals surface area contributed by atoms with Gasteiger partial charge in [0, 0.05) is 0 Å². The molecule has 6 heteroatoms. The first-order valence-corrected chi connectivity index (χ1v) is 5.98. The highest BCUT2D eigenvalue weighted by molar-refractivity contribution is 4.98. The van der Waals surface area contributed by atoms with Crippen molar-refractivity contribution in [2.24, 2.45) is 5.73 Å². The van der Waals surface area contributed by atoms with Crippen molar-refractivity contribution in [3.05, 3.63) is 11.9 Å². The molecule has 98 valence electrons. The third kappa shape index (κ3) is 4.80. The van der Waals surface area contributed by atoms with Gasteiger partial charge in [-0.05, 0) is 20.3 Å². The molecule has 2 atom stereocenters. The number of hydrogen-bond donors (Lipinski definition) is 2. The summed E-state index contributed by atoms with van der Waals surface area (Å²) >= 11 is 0. The molecule has 0 aromatic carbocycles. The van der Waals surface area contributed by atoms with Crippen molar-refractivity contribution in [2.75, 3.05) is 6.61 Å². The van der Waals surface area contributed by atoms with Crippen molar-refractivity contribution in [1.82, 2.24) is 15.0 Å². The monoisotopic (exact) mass is 242 g/mol. The van der Waals surface area contributed by atoms with E-state index in [9.17, 15) is 5.11 Å². The molecule has 0 saturated heterocycles. The van der Waals surface area contributed by atoms with E-state index in [4.69, 9.17) is 10.5 Å². The first-order valence-electron chi connectivity index (χ1n) is 5.98. The van der Waals surface area contributed by atoms with E-state index >= 15 is 0 Å². The zero-order valence-electron chi connectivity index (χ0n) is 10.7. The van der Waals surface area contributed by atoms with E-state index in [2.05, 4.69) is 10.3 Å². The zero-order valence-corrected chi connectivity index (χ0v) is 10.7. The SMILES string of the molecule is CCC(N)c1cn(CC(O)COC(C)C)nn1. The maximum absolute atomic E-state index is 9.71. The molecule has 1 heterocycles. The molecule has 0 radical (unpaired) electrons. The molecule has 0 bridgehead atoms. The van der Waals surface area contributed by atoms with Gasteiger partial charge in [-0.25, -0.2) is 4.68 Å². The van der Waals surface area contributed by atoms with Gasteiger partial charge in [0.2, 0.25) is 0 Å². The van der Waals surface area contributed by atoms with Gasteiger partial charge in [0.1, 0.15) is 0 Å². The van der Waals surface area contributed by atoms with Crippen LogP contribution in [0.15, 0.2) is 6.20 Å². The number of aliphatic hydroxyl groups excluding tert-OH is 1. The van der Waals surface area contributed by atoms with Crippen molar-refractivity contribution < 1.29 is 9.84 Å². The molecule has 0 aliphatic carbocycles. The summed E-state index contributed by atoms with van der Waals surface area (Å²) in [5.74, 6) is 0. The lowest BCUT2D eigenvalue weighted by molar-refractivity contribution is -0.00221. The van der Waals surface area contributed by atoms with E-state index in [-0.39, 0.29) is 12.1 Å². The fourth-order valence-corrected chi connectivity index (χ4v) is 1.35. The molecule has 0 saturated carbocycles. The molecule has 17 heavy (non-hydrogen) atoms. The molecule has 6 nitrogen and oxygen atoms in total. The maximum Gasteiger partial charge on any atom is 0.0994 e. The number of nitrogens with two attached hydrogens (primary N) is 1. The summed E-state index contributed by atoms with van der Waals surface area (Å²) in [5, 5.41) is 17.6. The van der Waals surface area contributed by atoms with Gasteiger partial charge < -0.3 is 15.6 Å². The Labute approximate surface area is 102 Å². The second kappa shape index (κ2) is 6.68. The summed E-state index contributed by atoms with van der Waals surface area (Å²) in [4.78, 5) is 0. The highest BCUT2D eigenvalue weighted by atomic mass is 16.5. The Hall–Kier alpha value is -0.980. The molecule has 0 aliphatic heterocycles. The van der Waals surface area contributed by atoms with E-state index in [0.717, 1.165) is 12.1 Å². The van der Waals surface area contributed by atoms with Gasteiger partial charge >= 0.3 is 0 Å². The van der Waals surface area contributed by atoms with Crippen LogP contribution in [0.2, 0.25) is 0 Å². The van der Waals surface area contributed by atoms with Crippen molar-refractivity contribution in [3.8, 4) is 0 Å². The molecular formula is C11H22N4O2. The van der Waals surface area contributed by atoms with E-state index < -0.39 is 6.10 Å². The van der Waals surface area contributed by atoms with Crippen LogP contribution in [0.5, 0.6) is 0 Å². The van der Waals surface area contributed by atoms with Gasteiger partial charge in [0.15, 0.2) is 0 Å². The van der Waals surface area contributed by atoms with Gasteiger partial charge in [-0.3, -0.25) is 0 Å².